The van der Waals surface area contributed by atoms with Gasteiger partial charge < -0.3 is 5.11 Å². The number of carboxylic acid groups (broad SMARTS) is 1. The van der Waals surface area contributed by atoms with E-state index < -0.39 is 5.97 Å². The van der Waals surface area contributed by atoms with Crippen molar-refractivity contribution in [3.8, 4) is 308 Å². The van der Waals surface area contributed by atoms with Crippen LogP contribution in [0.4, 0.5) is 0 Å². The summed E-state index contributed by atoms with van der Waals surface area (Å²) < 4.78 is 0. The molecule has 0 radical (unpaired) electrons. The molecule has 2 heteroatoms. The van der Waals surface area contributed by atoms with Crippen LogP contribution in [-0.4, -0.2) is 11.1 Å². The van der Waals surface area contributed by atoms with Gasteiger partial charge in [0.1, 0.15) is 0 Å². The quantitative estimate of drug-likeness (QED) is 0.363. The van der Waals surface area contributed by atoms with E-state index in [4.69, 9.17) is 11.5 Å². The molecule has 2 nitrogen and oxygen atoms in total. The molecule has 0 aromatic carbocycles. The molecule has 0 saturated heterocycles. The number of carboxylic acids is 1. The zero-order valence-corrected chi connectivity index (χ0v) is 27.4. The Hall–Kier alpha value is -12.0. The van der Waals surface area contributed by atoms with Crippen molar-refractivity contribution in [1.29, 1.82) is 0 Å². The van der Waals surface area contributed by atoms with Gasteiger partial charge in [-0.2, -0.15) is 0 Å². The first kappa shape index (κ1) is 43.0. The standard InChI is InChI=1S/C53H2O2/c1-2-3-4-5-6-7-8-9-10-11-12-13-14-15-16-17-18-19-20-21-22-23-24-25-26-27-28-29-30-31-32-33-34-35-36-37-38-39-40-41-42-43-44-45-46-47-48-49-50-51-52-53(54)55/h1H,(H,54,55). The maximum Gasteiger partial charge on any atom is 0.382 e. The second kappa shape index (κ2) is 40.1. The zero-order chi connectivity index (χ0) is 39.6. The fraction of sp³-hybridized carbons (Fsp3) is 0. The van der Waals surface area contributed by atoms with Crippen LogP contribution in [0.3, 0.4) is 0 Å². The molecule has 0 unspecified atom stereocenters. The minimum atomic E-state index is -1.27. The number of hydrogen-bond donors (Lipinski definition) is 1. The van der Waals surface area contributed by atoms with Crippen molar-refractivity contribution < 1.29 is 9.90 Å². The van der Waals surface area contributed by atoms with E-state index >= 15 is 0 Å². The van der Waals surface area contributed by atoms with Crippen LogP contribution >= 0.6 is 0 Å². The Kier molecular flexibility index (Phi) is 31.3. The fourth-order valence-corrected chi connectivity index (χ4v) is 1.59. The number of terminal acetylenes is 1. The van der Waals surface area contributed by atoms with E-state index in [1.807, 2.05) is 5.92 Å². The summed E-state index contributed by atoms with van der Waals surface area (Å²) in [4.78, 5) is 10.1. The molecule has 0 saturated carbocycles. The molecular formula is C53H2O2. The topological polar surface area (TPSA) is 37.3 Å². The molecule has 0 spiro atoms. The Labute approximate surface area is 323 Å². The molecule has 0 aliphatic rings. The normalized spacial score (nSPS) is 4.13. The van der Waals surface area contributed by atoms with Crippen molar-refractivity contribution in [2.45, 2.75) is 0 Å². The Bertz CT molecular complexity index is 3380. The zero-order valence-electron chi connectivity index (χ0n) is 27.4. The van der Waals surface area contributed by atoms with Gasteiger partial charge >= 0.3 is 5.97 Å². The van der Waals surface area contributed by atoms with Gasteiger partial charge in [0, 0.05) is 207 Å². The SMILES string of the molecule is C#CC#CC#CC#CC#CC#CC#CC#CC#CC#CC#CC#CC#CC#CC#CC#CC#CC#CC#CC#CC#CC#CC#CC#CC#CC#CC(=O)O. The largest absolute Gasteiger partial charge is 0.472 e. The third kappa shape index (κ3) is 42.0. The van der Waals surface area contributed by atoms with Gasteiger partial charge in [0.25, 0.3) is 0 Å². The fourth-order valence-electron chi connectivity index (χ4n) is 1.59. The Morgan fingerprint density at radius 3 is 0.436 bits per heavy atom. The predicted molar refractivity (Wildman–Crippen MR) is 211 cm³/mol. The second-order valence-electron chi connectivity index (χ2n) is 6.70. The van der Waals surface area contributed by atoms with E-state index in [1.165, 1.54) is 0 Å². The summed E-state index contributed by atoms with van der Waals surface area (Å²) in [6, 6.07) is 0. The first-order chi connectivity index (χ1) is 27.3. The predicted octanol–water partition coefficient (Wildman–Crippen LogP) is -0.211. The van der Waals surface area contributed by atoms with Crippen molar-refractivity contribution in [3.05, 3.63) is 0 Å². The minimum absolute atomic E-state index is 1.27. The molecule has 226 valence electrons. The molecule has 0 amide bonds. The highest BCUT2D eigenvalue weighted by atomic mass is 16.4. The highest BCUT2D eigenvalue weighted by Crippen LogP contribution is 1.63. The number of rotatable bonds is 0. The van der Waals surface area contributed by atoms with Gasteiger partial charge in [0.15, 0.2) is 0 Å². The van der Waals surface area contributed by atoms with Gasteiger partial charge in [-0.05, 0) is 94.7 Å². The number of hydrogen-bond acceptors (Lipinski definition) is 1. The van der Waals surface area contributed by atoms with Crippen LogP contribution in [0.2, 0.25) is 0 Å². The third-order valence-corrected chi connectivity index (χ3v) is 3.24. The molecule has 0 aromatic rings. The lowest BCUT2D eigenvalue weighted by atomic mass is 10.4. The highest BCUT2D eigenvalue weighted by molar-refractivity contribution is 5.87. The van der Waals surface area contributed by atoms with E-state index in [0.717, 1.165) is 0 Å². The highest BCUT2D eigenvalue weighted by Gasteiger charge is 1.78. The van der Waals surface area contributed by atoms with Crippen LogP contribution in [0.25, 0.3) is 0 Å². The molecule has 0 heterocycles. The molecule has 0 fully saturated rings. The van der Waals surface area contributed by atoms with E-state index in [0.29, 0.717) is 0 Å². The molecule has 0 rings (SSSR count). The molecule has 0 aromatic heterocycles. The Balaban J connectivity index is 4.58. The summed E-state index contributed by atoms with van der Waals surface area (Å²) in [7, 11) is 0. The lowest BCUT2D eigenvalue weighted by Gasteiger charge is -1.63. The van der Waals surface area contributed by atoms with E-state index in [-0.39, 0.29) is 0 Å². The van der Waals surface area contributed by atoms with Crippen LogP contribution in [0, 0.1) is 308 Å². The summed E-state index contributed by atoms with van der Waals surface area (Å²) in [6.45, 7) is 0. The Morgan fingerprint density at radius 1 is 0.218 bits per heavy atom. The van der Waals surface area contributed by atoms with Crippen LogP contribution in [0.15, 0.2) is 0 Å². The number of carbonyl (C=O) groups is 1. The van der Waals surface area contributed by atoms with Crippen LogP contribution in [0.5, 0.6) is 0 Å². The average Bonchev–Trinajstić information content (AvgIpc) is 3.18. The monoisotopic (exact) mass is 670 g/mol. The van der Waals surface area contributed by atoms with Crippen LogP contribution in [0.1, 0.15) is 0 Å². The van der Waals surface area contributed by atoms with Crippen molar-refractivity contribution in [2.24, 2.45) is 0 Å². The first-order valence-electron chi connectivity index (χ1n) is 13.5. The molecule has 1 N–H and O–H groups in total. The summed E-state index contributed by atoms with van der Waals surface area (Å²) in [6.07, 6.45) is 4.94. The lowest BCUT2D eigenvalue weighted by Crippen LogP contribution is -1.85. The summed E-state index contributed by atoms with van der Waals surface area (Å²) in [5.74, 6) is 123. The second-order valence-corrected chi connectivity index (χ2v) is 6.70. The summed E-state index contributed by atoms with van der Waals surface area (Å²) in [5.41, 5.74) is 0. The van der Waals surface area contributed by atoms with Crippen molar-refractivity contribution >= 4 is 5.97 Å². The van der Waals surface area contributed by atoms with E-state index in [1.54, 1.807) is 0 Å². The maximum atomic E-state index is 10.1. The lowest BCUT2D eigenvalue weighted by molar-refractivity contribution is -0.130. The summed E-state index contributed by atoms with van der Waals surface area (Å²) >= 11 is 0. The molecular weight excluding hydrogens is 669 g/mol. The van der Waals surface area contributed by atoms with Gasteiger partial charge in [0.05, 0.1) is 0 Å². The molecule has 0 bridgehead atoms. The Morgan fingerprint density at radius 2 is 0.327 bits per heavy atom. The van der Waals surface area contributed by atoms with E-state index in [2.05, 4.69) is 296 Å². The molecule has 0 aliphatic carbocycles. The van der Waals surface area contributed by atoms with Crippen LogP contribution < -0.4 is 0 Å². The average molecular weight is 671 g/mol. The molecule has 0 aliphatic heterocycles. The van der Waals surface area contributed by atoms with Gasteiger partial charge in [-0.3, -0.25) is 0 Å². The van der Waals surface area contributed by atoms with Crippen molar-refractivity contribution in [2.75, 3.05) is 0 Å². The van der Waals surface area contributed by atoms with E-state index in [9.17, 15) is 4.79 Å². The van der Waals surface area contributed by atoms with Crippen molar-refractivity contribution in [1.82, 2.24) is 0 Å². The van der Waals surface area contributed by atoms with Crippen molar-refractivity contribution in [3.63, 3.8) is 0 Å². The first-order valence-corrected chi connectivity index (χ1v) is 13.5. The maximum absolute atomic E-state index is 10.1. The molecule has 55 heavy (non-hydrogen) atoms. The third-order valence-electron chi connectivity index (χ3n) is 3.24. The van der Waals surface area contributed by atoms with Gasteiger partial charge in [-0.1, -0.05) is 0 Å². The van der Waals surface area contributed by atoms with Gasteiger partial charge in [0.2, 0.25) is 0 Å². The number of aliphatic carboxylic acids is 1. The minimum Gasteiger partial charge on any atom is -0.472 e. The smallest absolute Gasteiger partial charge is 0.382 e. The van der Waals surface area contributed by atoms with Gasteiger partial charge in [-0.15, -0.1) is 6.42 Å². The summed E-state index contributed by atoms with van der Waals surface area (Å²) in [5, 5.41) is 8.29. The van der Waals surface area contributed by atoms with Gasteiger partial charge in [-0.25, -0.2) is 4.79 Å². The van der Waals surface area contributed by atoms with Crippen LogP contribution in [-0.2, 0) is 4.79 Å². The molecule has 0 atom stereocenters.